The minimum Gasteiger partial charge on any atom is -0.314 e. The average molecular weight is 184 g/mol. The van der Waals surface area contributed by atoms with Gasteiger partial charge in [0.05, 0.1) is 0 Å². The Labute approximate surface area is 82.5 Å². The summed E-state index contributed by atoms with van der Waals surface area (Å²) >= 11 is 0. The molecular formula is C11H24N2. The van der Waals surface area contributed by atoms with Gasteiger partial charge in [0.1, 0.15) is 0 Å². The Balaban J connectivity index is 2.26. The summed E-state index contributed by atoms with van der Waals surface area (Å²) in [6.07, 6.45) is 5.10. The van der Waals surface area contributed by atoms with Crippen LogP contribution in [0, 0.1) is 0 Å². The van der Waals surface area contributed by atoms with E-state index in [9.17, 15) is 0 Å². The fraction of sp³-hybridized carbons (Fsp3) is 1.00. The van der Waals surface area contributed by atoms with Crippen molar-refractivity contribution in [2.45, 2.75) is 64.6 Å². The molecule has 0 saturated carbocycles. The minimum atomic E-state index is 0.695. The van der Waals surface area contributed by atoms with Gasteiger partial charge in [-0.25, -0.2) is 0 Å². The maximum atomic E-state index is 3.75. The van der Waals surface area contributed by atoms with Gasteiger partial charge in [-0.2, -0.15) is 0 Å². The molecule has 1 aliphatic heterocycles. The Kier molecular flexibility index (Phi) is 4.74. The van der Waals surface area contributed by atoms with Gasteiger partial charge in [-0.05, 0) is 39.2 Å². The maximum absolute atomic E-state index is 3.75. The zero-order chi connectivity index (χ0) is 9.68. The molecule has 0 aliphatic carbocycles. The summed E-state index contributed by atoms with van der Waals surface area (Å²) in [7, 11) is 0. The van der Waals surface area contributed by atoms with Gasteiger partial charge < -0.3 is 10.6 Å². The Morgan fingerprint density at radius 2 is 2.08 bits per heavy atom. The molecule has 0 aromatic carbocycles. The van der Waals surface area contributed by atoms with Crippen LogP contribution in [-0.2, 0) is 0 Å². The summed E-state index contributed by atoms with van der Waals surface area (Å²) in [6, 6.07) is 2.18. The molecule has 2 nitrogen and oxygen atoms in total. The van der Waals surface area contributed by atoms with Crippen molar-refractivity contribution in [3.8, 4) is 0 Å². The van der Waals surface area contributed by atoms with Crippen molar-refractivity contribution in [3.05, 3.63) is 0 Å². The third kappa shape index (κ3) is 3.65. The molecule has 1 saturated heterocycles. The Hall–Kier alpha value is -0.0800. The highest BCUT2D eigenvalue weighted by molar-refractivity contribution is 4.82. The highest BCUT2D eigenvalue weighted by Crippen LogP contribution is 2.10. The number of hydrogen-bond acceptors (Lipinski definition) is 2. The van der Waals surface area contributed by atoms with E-state index in [1.165, 1.54) is 32.2 Å². The molecule has 2 heteroatoms. The summed E-state index contributed by atoms with van der Waals surface area (Å²) in [6.45, 7) is 8.00. The first kappa shape index (κ1) is 11.0. The van der Waals surface area contributed by atoms with Crippen LogP contribution >= 0.6 is 0 Å². The van der Waals surface area contributed by atoms with Crippen molar-refractivity contribution in [2.75, 3.05) is 6.54 Å². The molecule has 0 aromatic heterocycles. The van der Waals surface area contributed by atoms with Crippen LogP contribution in [0.25, 0.3) is 0 Å². The van der Waals surface area contributed by atoms with Gasteiger partial charge in [-0.1, -0.05) is 13.8 Å². The highest BCUT2D eigenvalue weighted by atomic mass is 15.0. The largest absolute Gasteiger partial charge is 0.314 e. The Morgan fingerprint density at radius 3 is 2.62 bits per heavy atom. The van der Waals surface area contributed by atoms with E-state index in [2.05, 4.69) is 31.4 Å². The van der Waals surface area contributed by atoms with Crippen LogP contribution in [0.15, 0.2) is 0 Å². The molecule has 1 aliphatic rings. The summed E-state index contributed by atoms with van der Waals surface area (Å²) in [4.78, 5) is 0. The molecule has 0 amide bonds. The van der Waals surface area contributed by atoms with Crippen LogP contribution in [0.1, 0.15) is 46.5 Å². The third-order valence-corrected chi connectivity index (χ3v) is 3.08. The maximum Gasteiger partial charge on any atom is 0.00964 e. The van der Waals surface area contributed by atoms with E-state index in [1.807, 2.05) is 0 Å². The first-order valence-electron chi connectivity index (χ1n) is 5.75. The van der Waals surface area contributed by atoms with Gasteiger partial charge >= 0.3 is 0 Å². The van der Waals surface area contributed by atoms with Gasteiger partial charge in [-0.3, -0.25) is 0 Å². The molecule has 78 valence electrons. The molecule has 0 radical (unpaired) electrons. The zero-order valence-corrected chi connectivity index (χ0v) is 9.27. The fourth-order valence-electron chi connectivity index (χ4n) is 2.14. The SMILES string of the molecule is CCC(CC)NC1CCNC(C)C1. The molecule has 1 fully saturated rings. The molecule has 0 aromatic rings. The lowest BCUT2D eigenvalue weighted by molar-refractivity contribution is 0.299. The Bertz CT molecular complexity index is 132. The second kappa shape index (κ2) is 5.61. The van der Waals surface area contributed by atoms with Crippen molar-refractivity contribution < 1.29 is 0 Å². The predicted octanol–water partition coefficient (Wildman–Crippen LogP) is 1.91. The van der Waals surface area contributed by atoms with Gasteiger partial charge in [0, 0.05) is 18.1 Å². The standard InChI is InChI=1S/C11H24N2/c1-4-10(5-2)13-11-6-7-12-9(3)8-11/h9-13H,4-8H2,1-3H3. The van der Waals surface area contributed by atoms with E-state index in [4.69, 9.17) is 0 Å². The lowest BCUT2D eigenvalue weighted by Crippen LogP contribution is -2.47. The molecular weight excluding hydrogens is 160 g/mol. The van der Waals surface area contributed by atoms with Crippen LogP contribution in [0.4, 0.5) is 0 Å². The van der Waals surface area contributed by atoms with E-state index in [0.29, 0.717) is 6.04 Å². The van der Waals surface area contributed by atoms with Crippen LogP contribution in [-0.4, -0.2) is 24.7 Å². The van der Waals surface area contributed by atoms with E-state index >= 15 is 0 Å². The second-order valence-electron chi connectivity index (χ2n) is 4.26. The van der Waals surface area contributed by atoms with Crippen molar-refractivity contribution in [3.63, 3.8) is 0 Å². The number of hydrogen-bond donors (Lipinski definition) is 2. The summed E-state index contributed by atoms with van der Waals surface area (Å²) in [5.74, 6) is 0. The van der Waals surface area contributed by atoms with Crippen molar-refractivity contribution in [1.29, 1.82) is 0 Å². The fourth-order valence-corrected chi connectivity index (χ4v) is 2.14. The van der Waals surface area contributed by atoms with Gasteiger partial charge in [0.25, 0.3) is 0 Å². The quantitative estimate of drug-likeness (QED) is 0.697. The molecule has 2 atom stereocenters. The first-order valence-corrected chi connectivity index (χ1v) is 5.75. The topological polar surface area (TPSA) is 24.1 Å². The van der Waals surface area contributed by atoms with E-state index in [1.54, 1.807) is 0 Å². The number of rotatable bonds is 4. The number of piperidine rings is 1. The minimum absolute atomic E-state index is 0.695. The second-order valence-corrected chi connectivity index (χ2v) is 4.26. The summed E-state index contributed by atoms with van der Waals surface area (Å²) < 4.78 is 0. The van der Waals surface area contributed by atoms with Gasteiger partial charge in [-0.15, -0.1) is 0 Å². The molecule has 0 spiro atoms. The molecule has 0 bridgehead atoms. The molecule has 2 N–H and O–H groups in total. The van der Waals surface area contributed by atoms with Crippen LogP contribution in [0.5, 0.6) is 0 Å². The van der Waals surface area contributed by atoms with Crippen molar-refractivity contribution >= 4 is 0 Å². The lowest BCUT2D eigenvalue weighted by Gasteiger charge is -2.31. The average Bonchev–Trinajstić information content (AvgIpc) is 2.14. The molecule has 1 heterocycles. The lowest BCUT2D eigenvalue weighted by atomic mass is 9.99. The molecule has 2 unspecified atom stereocenters. The highest BCUT2D eigenvalue weighted by Gasteiger charge is 2.19. The van der Waals surface area contributed by atoms with Crippen molar-refractivity contribution in [1.82, 2.24) is 10.6 Å². The van der Waals surface area contributed by atoms with E-state index in [-0.39, 0.29) is 0 Å². The van der Waals surface area contributed by atoms with E-state index < -0.39 is 0 Å². The number of nitrogens with one attached hydrogen (secondary N) is 2. The summed E-state index contributed by atoms with van der Waals surface area (Å²) in [5.41, 5.74) is 0. The van der Waals surface area contributed by atoms with Gasteiger partial charge in [0.15, 0.2) is 0 Å². The van der Waals surface area contributed by atoms with Gasteiger partial charge in [0.2, 0.25) is 0 Å². The summed E-state index contributed by atoms with van der Waals surface area (Å²) in [5, 5.41) is 7.23. The molecule has 13 heavy (non-hydrogen) atoms. The zero-order valence-electron chi connectivity index (χ0n) is 9.27. The predicted molar refractivity (Wildman–Crippen MR) is 58.0 cm³/mol. The van der Waals surface area contributed by atoms with Crippen molar-refractivity contribution in [2.24, 2.45) is 0 Å². The normalized spacial score (nSPS) is 29.5. The monoisotopic (exact) mass is 184 g/mol. The third-order valence-electron chi connectivity index (χ3n) is 3.08. The smallest absolute Gasteiger partial charge is 0.00964 e. The van der Waals surface area contributed by atoms with E-state index in [0.717, 1.165) is 12.1 Å². The van der Waals surface area contributed by atoms with Crippen LogP contribution in [0.2, 0.25) is 0 Å². The molecule has 1 rings (SSSR count). The first-order chi connectivity index (χ1) is 6.26. The Morgan fingerprint density at radius 1 is 1.38 bits per heavy atom. The van der Waals surface area contributed by atoms with Crippen LogP contribution in [0.3, 0.4) is 0 Å². The van der Waals surface area contributed by atoms with Crippen LogP contribution < -0.4 is 10.6 Å².